The molecular weight excluding hydrogens is 248 g/mol. The molecule has 1 saturated heterocycles. The first-order chi connectivity index (χ1) is 9.65. The first-order valence-electron chi connectivity index (χ1n) is 7.74. The van der Waals surface area contributed by atoms with Gasteiger partial charge in [-0.1, -0.05) is 12.1 Å². The van der Waals surface area contributed by atoms with Crippen molar-refractivity contribution < 1.29 is 4.74 Å². The first kappa shape index (κ1) is 15.3. The van der Waals surface area contributed by atoms with E-state index in [0.29, 0.717) is 0 Å². The summed E-state index contributed by atoms with van der Waals surface area (Å²) in [6, 6.07) is 6.39. The Hall–Kier alpha value is -1.06. The lowest BCUT2D eigenvalue weighted by atomic mass is 9.98. The van der Waals surface area contributed by atoms with E-state index in [1.807, 2.05) is 0 Å². The fraction of sp³-hybridized carbons (Fsp3) is 0.647. The monoisotopic (exact) mass is 276 g/mol. The van der Waals surface area contributed by atoms with Crippen molar-refractivity contribution in [1.29, 1.82) is 0 Å². The van der Waals surface area contributed by atoms with Crippen LogP contribution in [0.4, 0.5) is 0 Å². The number of nitrogens with one attached hydrogen (secondary N) is 1. The molecule has 1 aromatic rings. The Balaban J connectivity index is 1.70. The van der Waals surface area contributed by atoms with Crippen LogP contribution in [-0.4, -0.2) is 44.7 Å². The molecule has 0 radical (unpaired) electrons. The highest BCUT2D eigenvalue weighted by molar-refractivity contribution is 5.35. The molecule has 1 aromatic carbocycles. The van der Waals surface area contributed by atoms with Crippen molar-refractivity contribution in [2.75, 3.05) is 39.8 Å². The van der Waals surface area contributed by atoms with E-state index in [0.717, 1.165) is 24.8 Å². The molecule has 1 heterocycles. The summed E-state index contributed by atoms with van der Waals surface area (Å²) in [5.74, 6) is 1.88. The van der Waals surface area contributed by atoms with Crippen LogP contribution in [0, 0.1) is 19.8 Å². The van der Waals surface area contributed by atoms with Gasteiger partial charge in [-0.25, -0.2) is 0 Å². The number of benzene rings is 1. The molecular formula is C17H28N2O. The van der Waals surface area contributed by atoms with Crippen molar-refractivity contribution in [3.63, 3.8) is 0 Å². The minimum Gasteiger partial charge on any atom is -0.492 e. The van der Waals surface area contributed by atoms with Crippen LogP contribution in [0.1, 0.15) is 24.0 Å². The van der Waals surface area contributed by atoms with E-state index in [-0.39, 0.29) is 0 Å². The fourth-order valence-corrected chi connectivity index (χ4v) is 2.77. The lowest BCUT2D eigenvalue weighted by molar-refractivity contribution is 0.198. The molecule has 20 heavy (non-hydrogen) atoms. The maximum Gasteiger partial charge on any atom is 0.122 e. The summed E-state index contributed by atoms with van der Waals surface area (Å²) in [6.45, 7) is 9.53. The Morgan fingerprint density at radius 2 is 2.00 bits per heavy atom. The number of ether oxygens (including phenoxy) is 1. The molecule has 0 spiro atoms. The second kappa shape index (κ2) is 7.65. The van der Waals surface area contributed by atoms with Crippen molar-refractivity contribution >= 4 is 0 Å². The predicted octanol–water partition coefficient (Wildman–Crippen LogP) is 2.61. The molecule has 0 unspecified atom stereocenters. The second-order valence-electron chi connectivity index (χ2n) is 6.07. The minimum absolute atomic E-state index is 0.770. The number of rotatable bonds is 6. The Morgan fingerprint density at radius 3 is 2.75 bits per heavy atom. The van der Waals surface area contributed by atoms with Gasteiger partial charge in [-0.15, -0.1) is 0 Å². The maximum atomic E-state index is 5.92. The number of hydrogen-bond donors (Lipinski definition) is 1. The van der Waals surface area contributed by atoms with Gasteiger partial charge < -0.3 is 15.0 Å². The van der Waals surface area contributed by atoms with Crippen LogP contribution in [0.25, 0.3) is 0 Å². The first-order valence-corrected chi connectivity index (χ1v) is 7.74. The maximum absolute atomic E-state index is 5.92. The Kier molecular flexibility index (Phi) is 5.86. The number of piperidine rings is 1. The zero-order chi connectivity index (χ0) is 14.4. The van der Waals surface area contributed by atoms with E-state index in [1.54, 1.807) is 0 Å². The summed E-state index contributed by atoms with van der Waals surface area (Å²) < 4.78 is 5.92. The summed E-state index contributed by atoms with van der Waals surface area (Å²) in [5, 5.41) is 3.42. The molecule has 112 valence electrons. The largest absolute Gasteiger partial charge is 0.492 e. The molecule has 2 rings (SSSR count). The summed E-state index contributed by atoms with van der Waals surface area (Å²) in [6.07, 6.45) is 2.62. The van der Waals surface area contributed by atoms with Crippen molar-refractivity contribution in [2.24, 2.45) is 5.92 Å². The zero-order valence-electron chi connectivity index (χ0n) is 13.1. The van der Waals surface area contributed by atoms with Gasteiger partial charge in [0.25, 0.3) is 0 Å². The van der Waals surface area contributed by atoms with Crippen LogP contribution in [0.3, 0.4) is 0 Å². The number of likely N-dealkylation sites (N-methyl/N-ethyl adjacent to an activating group) is 1. The van der Waals surface area contributed by atoms with E-state index in [9.17, 15) is 0 Å². The number of aryl methyl sites for hydroxylation is 2. The lowest BCUT2D eigenvalue weighted by Crippen LogP contribution is -2.36. The van der Waals surface area contributed by atoms with Crippen molar-refractivity contribution in [3.05, 3.63) is 29.3 Å². The van der Waals surface area contributed by atoms with E-state index in [4.69, 9.17) is 4.74 Å². The molecule has 0 aromatic heterocycles. The summed E-state index contributed by atoms with van der Waals surface area (Å²) >= 11 is 0. The van der Waals surface area contributed by atoms with Crippen LogP contribution >= 0.6 is 0 Å². The third-order valence-corrected chi connectivity index (χ3v) is 4.10. The molecule has 1 fully saturated rings. The number of hydrogen-bond acceptors (Lipinski definition) is 3. The van der Waals surface area contributed by atoms with Crippen LogP contribution in [0.2, 0.25) is 0 Å². The van der Waals surface area contributed by atoms with E-state index < -0.39 is 0 Å². The summed E-state index contributed by atoms with van der Waals surface area (Å²) in [7, 11) is 2.20. The van der Waals surface area contributed by atoms with Crippen LogP contribution < -0.4 is 10.1 Å². The molecule has 3 heteroatoms. The molecule has 3 nitrogen and oxygen atoms in total. The predicted molar refractivity (Wildman–Crippen MR) is 84.5 cm³/mol. The van der Waals surface area contributed by atoms with Crippen molar-refractivity contribution in [1.82, 2.24) is 10.2 Å². The third-order valence-electron chi connectivity index (χ3n) is 4.10. The van der Waals surface area contributed by atoms with Gasteiger partial charge in [-0.2, -0.15) is 0 Å². The van der Waals surface area contributed by atoms with Gasteiger partial charge in [0.1, 0.15) is 12.4 Å². The highest BCUT2D eigenvalue weighted by Gasteiger charge is 2.14. The van der Waals surface area contributed by atoms with Gasteiger partial charge >= 0.3 is 0 Å². The normalized spacial score (nSPS) is 16.6. The summed E-state index contributed by atoms with van der Waals surface area (Å²) in [5.41, 5.74) is 2.48. The van der Waals surface area contributed by atoms with Gasteiger partial charge in [0, 0.05) is 13.1 Å². The van der Waals surface area contributed by atoms with E-state index in [1.165, 1.54) is 43.6 Å². The molecule has 0 bridgehead atoms. The van der Waals surface area contributed by atoms with Gasteiger partial charge in [0.2, 0.25) is 0 Å². The van der Waals surface area contributed by atoms with Gasteiger partial charge in [0.05, 0.1) is 0 Å². The highest BCUT2D eigenvalue weighted by atomic mass is 16.5. The third kappa shape index (κ3) is 4.80. The smallest absolute Gasteiger partial charge is 0.122 e. The highest BCUT2D eigenvalue weighted by Crippen LogP contribution is 2.19. The van der Waals surface area contributed by atoms with Crippen LogP contribution in [0.15, 0.2) is 18.2 Å². The molecule has 0 saturated carbocycles. The SMILES string of the molecule is Cc1ccc(C)c(OCCN(C)CC2CCNCC2)c1. The standard InChI is InChI=1S/C17H28N2O/c1-14-4-5-15(2)17(12-14)20-11-10-19(3)13-16-6-8-18-9-7-16/h4-5,12,16,18H,6-11,13H2,1-3H3. The average Bonchev–Trinajstić information content (AvgIpc) is 2.44. The van der Waals surface area contributed by atoms with Crippen molar-refractivity contribution in [3.8, 4) is 5.75 Å². The van der Waals surface area contributed by atoms with Gasteiger partial charge in [-0.3, -0.25) is 0 Å². The van der Waals surface area contributed by atoms with Gasteiger partial charge in [-0.05, 0) is 69.9 Å². The molecule has 0 amide bonds. The summed E-state index contributed by atoms with van der Waals surface area (Å²) in [4.78, 5) is 2.40. The van der Waals surface area contributed by atoms with Crippen molar-refractivity contribution in [2.45, 2.75) is 26.7 Å². The van der Waals surface area contributed by atoms with E-state index in [2.05, 4.69) is 49.3 Å². The van der Waals surface area contributed by atoms with E-state index >= 15 is 0 Å². The Bertz CT molecular complexity index is 413. The Morgan fingerprint density at radius 1 is 1.25 bits per heavy atom. The fourth-order valence-electron chi connectivity index (χ4n) is 2.77. The van der Waals surface area contributed by atoms with Crippen LogP contribution in [-0.2, 0) is 0 Å². The van der Waals surface area contributed by atoms with Crippen LogP contribution in [0.5, 0.6) is 5.75 Å². The second-order valence-corrected chi connectivity index (χ2v) is 6.07. The minimum atomic E-state index is 0.770. The number of nitrogens with zero attached hydrogens (tertiary/aromatic N) is 1. The molecule has 0 aliphatic carbocycles. The average molecular weight is 276 g/mol. The topological polar surface area (TPSA) is 24.5 Å². The molecule has 1 N–H and O–H groups in total. The molecule has 1 aliphatic rings. The molecule has 1 aliphatic heterocycles. The van der Waals surface area contributed by atoms with Gasteiger partial charge in [0.15, 0.2) is 0 Å². The zero-order valence-corrected chi connectivity index (χ0v) is 13.1. The molecule has 0 atom stereocenters. The Labute approximate surface area is 123 Å². The quantitative estimate of drug-likeness (QED) is 0.864. The lowest BCUT2D eigenvalue weighted by Gasteiger charge is -2.27.